The van der Waals surface area contributed by atoms with Gasteiger partial charge in [-0.2, -0.15) is 0 Å². The monoisotopic (exact) mass is 676 g/mol. The van der Waals surface area contributed by atoms with Gasteiger partial charge in [-0.25, -0.2) is 4.79 Å². The van der Waals surface area contributed by atoms with Gasteiger partial charge in [0.25, 0.3) is 0 Å². The first-order valence-corrected chi connectivity index (χ1v) is 18.0. The highest BCUT2D eigenvalue weighted by atomic mass is 16.6. The normalized spacial score (nSPS) is 36.2. The number of rotatable bonds is 10. The fourth-order valence-corrected chi connectivity index (χ4v) is 6.91. The number of allylic oxidation sites excluding steroid dienone is 2. The van der Waals surface area contributed by atoms with Crippen LogP contribution in [0.5, 0.6) is 0 Å². The predicted octanol–water partition coefficient (Wildman–Crippen LogP) is 3.88. The minimum Gasteiger partial charge on any atom is -0.457 e. The van der Waals surface area contributed by atoms with Crippen molar-refractivity contribution in [1.29, 1.82) is 0 Å². The SMILES string of the molecule is CCC(O)C(C)C1OC1CC(C)(O)/C=C/C=C(\C)C1OC(=O)CC(O)CCC(C)(O)C(OC(=O)N2CCCN(C3CC3)CC2)/C=C/C1C. The summed E-state index contributed by atoms with van der Waals surface area (Å²) < 4.78 is 17.6. The van der Waals surface area contributed by atoms with E-state index < -0.39 is 47.7 Å². The number of epoxide rings is 1. The van der Waals surface area contributed by atoms with Gasteiger partial charge in [0.1, 0.15) is 11.7 Å². The highest BCUT2D eigenvalue weighted by molar-refractivity contribution is 5.70. The molecule has 0 bridgehead atoms. The Kier molecular flexibility index (Phi) is 13.3. The first-order chi connectivity index (χ1) is 22.6. The van der Waals surface area contributed by atoms with Crippen molar-refractivity contribution >= 4 is 12.1 Å². The molecule has 11 nitrogen and oxygen atoms in total. The fraction of sp³-hybridized carbons (Fsp3) is 0.784. The number of nitrogens with zero attached hydrogens (tertiary/aromatic N) is 2. The van der Waals surface area contributed by atoms with Gasteiger partial charge in [-0.1, -0.05) is 45.1 Å². The third kappa shape index (κ3) is 11.1. The number of esters is 1. The average Bonchev–Trinajstić information content (AvgIpc) is 3.94. The molecule has 1 amide bonds. The fourth-order valence-electron chi connectivity index (χ4n) is 6.91. The molecule has 0 radical (unpaired) electrons. The van der Waals surface area contributed by atoms with Crippen molar-refractivity contribution in [3.8, 4) is 0 Å². The van der Waals surface area contributed by atoms with Crippen molar-refractivity contribution in [2.45, 2.75) is 147 Å². The molecule has 10 atom stereocenters. The highest BCUT2D eigenvalue weighted by Crippen LogP contribution is 2.37. The number of hydrogen-bond acceptors (Lipinski definition) is 10. The number of amides is 1. The van der Waals surface area contributed by atoms with Crippen LogP contribution in [0.3, 0.4) is 0 Å². The Balaban J connectivity index is 1.45. The number of aliphatic hydroxyl groups excluding tert-OH is 2. The van der Waals surface area contributed by atoms with E-state index in [4.69, 9.17) is 14.2 Å². The van der Waals surface area contributed by atoms with Crippen molar-refractivity contribution in [1.82, 2.24) is 9.80 Å². The number of carbonyl (C=O) groups is 2. The predicted molar refractivity (Wildman–Crippen MR) is 182 cm³/mol. The minimum atomic E-state index is -1.48. The van der Waals surface area contributed by atoms with Crippen LogP contribution in [0.4, 0.5) is 4.79 Å². The second-order valence-electron chi connectivity index (χ2n) is 15.1. The van der Waals surface area contributed by atoms with Crippen LogP contribution < -0.4 is 0 Å². The van der Waals surface area contributed by atoms with E-state index in [2.05, 4.69) is 4.90 Å². The number of hydrogen-bond donors (Lipinski definition) is 4. The molecular weight excluding hydrogens is 616 g/mol. The number of cyclic esters (lactones) is 1. The van der Waals surface area contributed by atoms with Crippen molar-refractivity contribution in [2.24, 2.45) is 11.8 Å². The second-order valence-corrected chi connectivity index (χ2v) is 15.1. The number of aliphatic hydroxyl groups is 4. The van der Waals surface area contributed by atoms with E-state index >= 15 is 0 Å². The van der Waals surface area contributed by atoms with Crippen LogP contribution in [0.1, 0.15) is 92.9 Å². The molecule has 4 aliphatic rings. The van der Waals surface area contributed by atoms with Gasteiger partial charge in [-0.05, 0) is 70.9 Å². The molecule has 3 fully saturated rings. The Morgan fingerprint density at radius 2 is 1.94 bits per heavy atom. The summed E-state index contributed by atoms with van der Waals surface area (Å²) in [7, 11) is 0. The maximum Gasteiger partial charge on any atom is 0.410 e. The Morgan fingerprint density at radius 3 is 2.62 bits per heavy atom. The Hall–Kier alpha value is -2.28. The van der Waals surface area contributed by atoms with E-state index in [1.807, 2.05) is 27.7 Å². The van der Waals surface area contributed by atoms with E-state index in [1.54, 1.807) is 49.1 Å². The lowest BCUT2D eigenvalue weighted by Gasteiger charge is -2.34. The van der Waals surface area contributed by atoms with Gasteiger partial charge < -0.3 is 39.5 Å². The van der Waals surface area contributed by atoms with Crippen molar-refractivity contribution in [3.63, 3.8) is 0 Å². The smallest absolute Gasteiger partial charge is 0.410 e. The summed E-state index contributed by atoms with van der Waals surface area (Å²) in [6.45, 7) is 13.8. The second kappa shape index (κ2) is 16.6. The summed E-state index contributed by atoms with van der Waals surface area (Å²) >= 11 is 0. The van der Waals surface area contributed by atoms with E-state index in [0.717, 1.165) is 19.5 Å². The highest BCUT2D eigenvalue weighted by Gasteiger charge is 2.47. The van der Waals surface area contributed by atoms with E-state index in [-0.39, 0.29) is 43.3 Å². The van der Waals surface area contributed by atoms with Crippen LogP contribution in [0, 0.1) is 11.8 Å². The van der Waals surface area contributed by atoms with Gasteiger partial charge in [-0.3, -0.25) is 9.69 Å². The third-order valence-corrected chi connectivity index (χ3v) is 10.4. The molecule has 4 N–H and O–H groups in total. The third-order valence-electron chi connectivity index (χ3n) is 10.4. The Morgan fingerprint density at radius 1 is 1.21 bits per heavy atom. The van der Waals surface area contributed by atoms with Gasteiger partial charge in [0, 0.05) is 50.5 Å². The molecule has 11 heteroatoms. The lowest BCUT2D eigenvalue weighted by atomic mass is 9.88. The summed E-state index contributed by atoms with van der Waals surface area (Å²) in [5, 5.41) is 43.3. The van der Waals surface area contributed by atoms with Crippen LogP contribution in [0.2, 0.25) is 0 Å². The molecule has 0 aromatic rings. The van der Waals surface area contributed by atoms with Crippen LogP contribution >= 0.6 is 0 Å². The number of ether oxygens (including phenoxy) is 3. The van der Waals surface area contributed by atoms with Gasteiger partial charge in [-0.15, -0.1) is 0 Å². The van der Waals surface area contributed by atoms with Gasteiger partial charge in [0.05, 0.1) is 36.4 Å². The van der Waals surface area contributed by atoms with Gasteiger partial charge in [0.15, 0.2) is 6.10 Å². The first kappa shape index (κ1) is 38.5. The molecule has 1 saturated carbocycles. The molecule has 10 unspecified atom stereocenters. The molecule has 0 aromatic carbocycles. The largest absolute Gasteiger partial charge is 0.457 e. The zero-order valence-electron chi connectivity index (χ0n) is 29.8. The van der Waals surface area contributed by atoms with E-state index in [1.165, 1.54) is 12.8 Å². The van der Waals surface area contributed by atoms with Crippen LogP contribution in [0.25, 0.3) is 0 Å². The lowest BCUT2D eigenvalue weighted by Crippen LogP contribution is -2.46. The molecule has 2 saturated heterocycles. The van der Waals surface area contributed by atoms with Crippen molar-refractivity contribution in [3.05, 3.63) is 36.0 Å². The summed E-state index contributed by atoms with van der Waals surface area (Å²) in [5.41, 5.74) is -1.92. The summed E-state index contributed by atoms with van der Waals surface area (Å²) in [5.74, 6) is -0.934. The van der Waals surface area contributed by atoms with Gasteiger partial charge >= 0.3 is 12.1 Å². The molecule has 272 valence electrons. The topological polar surface area (TPSA) is 153 Å². The maximum atomic E-state index is 13.4. The van der Waals surface area contributed by atoms with Crippen LogP contribution in [-0.2, 0) is 19.0 Å². The molecule has 0 spiro atoms. The van der Waals surface area contributed by atoms with Gasteiger partial charge in [0.2, 0.25) is 0 Å². The zero-order chi connectivity index (χ0) is 35.2. The number of carbonyl (C=O) groups excluding carboxylic acids is 2. The molecular formula is C37H60N2O9. The van der Waals surface area contributed by atoms with Crippen molar-refractivity contribution < 1.29 is 44.2 Å². The molecule has 48 heavy (non-hydrogen) atoms. The Labute approximate surface area is 286 Å². The Bertz CT molecular complexity index is 1180. The quantitative estimate of drug-likeness (QED) is 0.116. The maximum absolute atomic E-state index is 13.4. The zero-order valence-corrected chi connectivity index (χ0v) is 29.8. The van der Waals surface area contributed by atoms with Crippen LogP contribution in [-0.4, -0.2) is 122 Å². The van der Waals surface area contributed by atoms with E-state index in [0.29, 0.717) is 37.5 Å². The molecule has 0 aromatic heterocycles. The molecule has 3 heterocycles. The van der Waals surface area contributed by atoms with Crippen LogP contribution in [0.15, 0.2) is 36.0 Å². The molecule has 3 aliphatic heterocycles. The standard InChI is InChI=1S/C37H60N2O9/c1-7-29(41)26(4)34-30(46-34)23-36(5,44)16-8-10-24(2)33-25(3)11-14-31(37(6,45)17-15-28(40)22-32(42)48-33)47-35(43)39-19-9-18-38(20-21-39)27-12-13-27/h8,10-11,14,16,25-31,33-34,40-41,44-45H,7,9,12-13,15,17-23H2,1-6H3/b14-11+,16-8+,24-10+. The summed E-state index contributed by atoms with van der Waals surface area (Å²) in [6, 6.07) is 0.632. The average molecular weight is 677 g/mol. The lowest BCUT2D eigenvalue weighted by molar-refractivity contribution is -0.151. The molecule has 1 aliphatic carbocycles. The summed E-state index contributed by atoms with van der Waals surface area (Å²) in [4.78, 5) is 30.4. The van der Waals surface area contributed by atoms with Crippen molar-refractivity contribution in [2.75, 3.05) is 26.2 Å². The van der Waals surface area contributed by atoms with E-state index in [9.17, 15) is 30.0 Å². The molecule has 4 rings (SSSR count). The first-order valence-electron chi connectivity index (χ1n) is 18.0. The minimum absolute atomic E-state index is 0.00944. The summed E-state index contributed by atoms with van der Waals surface area (Å²) in [6.07, 6.45) is 9.14.